The molecule has 0 saturated heterocycles. The highest BCUT2D eigenvalue weighted by Gasteiger charge is 2.51. The minimum Gasteiger partial charge on any atom is -0.488 e. The first-order valence-corrected chi connectivity index (χ1v) is 12.3. The van der Waals surface area contributed by atoms with Gasteiger partial charge in [0, 0.05) is 17.5 Å². The first kappa shape index (κ1) is 24.5. The molecule has 37 heavy (non-hydrogen) atoms. The zero-order valence-electron chi connectivity index (χ0n) is 21.0. The topological polar surface area (TPSA) is 131 Å². The highest BCUT2D eigenvalue weighted by atomic mass is 16.7. The minimum atomic E-state index is -0.217. The van der Waals surface area contributed by atoms with Crippen LogP contribution in [0.3, 0.4) is 0 Å². The number of methoxy groups -OCH3 is 1. The van der Waals surface area contributed by atoms with Crippen molar-refractivity contribution in [3.63, 3.8) is 0 Å². The first-order valence-electron chi connectivity index (χ1n) is 12.3. The Morgan fingerprint density at radius 2 is 1.76 bits per heavy atom. The van der Waals surface area contributed by atoms with Gasteiger partial charge in [-0.3, -0.25) is 0 Å². The molecule has 1 atom stereocenters. The van der Waals surface area contributed by atoms with Gasteiger partial charge in [0.1, 0.15) is 13.2 Å². The van der Waals surface area contributed by atoms with E-state index in [1.54, 1.807) is 0 Å². The van der Waals surface area contributed by atoms with Crippen LogP contribution < -0.4 is 9.38 Å². The summed E-state index contributed by atoms with van der Waals surface area (Å²) in [5, 5.41) is 33.1. The SMILES string of the molecule is CCCCC1=Nc2c(OC)nnc(O)c2[N+]1(Cc1ccc(-c2ccccc2-c2nnn[nH]2)cc1)OCC. The van der Waals surface area contributed by atoms with Gasteiger partial charge in [-0.1, -0.05) is 66.5 Å². The number of H-pyrrole nitrogens is 1. The molecule has 5 rings (SSSR count). The number of hydrogen-bond acceptors (Lipinski definition) is 9. The molecule has 0 fully saturated rings. The molecule has 0 radical (unpaired) electrons. The summed E-state index contributed by atoms with van der Waals surface area (Å²) in [6.07, 6.45) is 2.62. The second-order valence-corrected chi connectivity index (χ2v) is 8.67. The average Bonchev–Trinajstić information content (AvgIpc) is 3.56. The Morgan fingerprint density at radius 3 is 2.43 bits per heavy atom. The third kappa shape index (κ3) is 4.43. The standard InChI is InChI=1S/C26H28N8O3/c1-4-6-11-21-27-22-23(25(35)30-31-26(22)36-3)34(21,37-5-2)16-17-12-14-18(15-13-17)19-9-7-8-10-20(19)24-28-32-33-29-24/h7-10,12-15H,4-6,11,16H2,1-3H3,(H-,28,29,30,32,33,35)/p+1. The van der Waals surface area contributed by atoms with Gasteiger partial charge in [0.05, 0.1) is 7.11 Å². The van der Waals surface area contributed by atoms with Gasteiger partial charge >= 0.3 is 0 Å². The van der Waals surface area contributed by atoms with E-state index in [1.165, 1.54) is 7.11 Å². The van der Waals surface area contributed by atoms with Crippen LogP contribution >= 0.6 is 0 Å². The highest BCUT2D eigenvalue weighted by molar-refractivity contribution is 6.03. The van der Waals surface area contributed by atoms with Crippen LogP contribution in [0.25, 0.3) is 22.5 Å². The molecule has 2 aromatic heterocycles. The first-order chi connectivity index (χ1) is 18.1. The Labute approximate surface area is 214 Å². The van der Waals surface area contributed by atoms with Crippen LogP contribution in [-0.2, 0) is 11.4 Å². The van der Waals surface area contributed by atoms with Crippen LogP contribution in [0.15, 0.2) is 53.5 Å². The van der Waals surface area contributed by atoms with Crippen molar-refractivity contribution in [1.82, 2.24) is 35.5 Å². The van der Waals surface area contributed by atoms with E-state index >= 15 is 0 Å². The molecular formula is C26H29N8O3+. The van der Waals surface area contributed by atoms with Crippen LogP contribution in [0, 0.1) is 0 Å². The van der Waals surface area contributed by atoms with Crippen LogP contribution in [0.5, 0.6) is 11.8 Å². The van der Waals surface area contributed by atoms with E-state index in [0.717, 1.165) is 40.9 Å². The molecule has 1 aliphatic heterocycles. The number of aromatic hydroxyl groups is 1. The number of rotatable bonds is 10. The van der Waals surface area contributed by atoms with Gasteiger partial charge in [-0.15, -0.1) is 15.3 Å². The molecule has 1 unspecified atom stereocenters. The minimum absolute atomic E-state index is 0.0801. The monoisotopic (exact) mass is 501 g/mol. The summed E-state index contributed by atoms with van der Waals surface area (Å²) in [4.78, 5) is 11.2. The maximum absolute atomic E-state index is 10.8. The average molecular weight is 502 g/mol. The fourth-order valence-corrected chi connectivity index (χ4v) is 4.71. The molecule has 2 N–H and O–H groups in total. The number of benzene rings is 2. The van der Waals surface area contributed by atoms with Crippen molar-refractivity contribution in [2.75, 3.05) is 13.7 Å². The lowest BCUT2D eigenvalue weighted by molar-refractivity contribution is -0.0917. The van der Waals surface area contributed by atoms with Crippen LogP contribution in [0.4, 0.5) is 11.4 Å². The second-order valence-electron chi connectivity index (χ2n) is 8.67. The Morgan fingerprint density at radius 1 is 0.973 bits per heavy atom. The van der Waals surface area contributed by atoms with Gasteiger partial charge in [0.25, 0.3) is 17.4 Å². The summed E-state index contributed by atoms with van der Waals surface area (Å²) in [5.41, 5.74) is 4.86. The quantitative estimate of drug-likeness (QED) is 0.298. The van der Waals surface area contributed by atoms with Gasteiger partial charge in [-0.05, 0) is 34.9 Å². The number of nitrogens with zero attached hydrogens (tertiary/aromatic N) is 7. The zero-order chi connectivity index (χ0) is 25.8. The molecule has 190 valence electrons. The molecule has 0 aliphatic carbocycles. The second kappa shape index (κ2) is 10.4. The Kier molecular flexibility index (Phi) is 6.89. The molecule has 2 aromatic carbocycles. The third-order valence-corrected chi connectivity index (χ3v) is 6.39. The number of hydroxylamine groups is 2. The highest BCUT2D eigenvalue weighted by Crippen LogP contribution is 2.51. The predicted molar refractivity (Wildman–Crippen MR) is 139 cm³/mol. The van der Waals surface area contributed by atoms with Crippen molar-refractivity contribution in [1.29, 1.82) is 0 Å². The van der Waals surface area contributed by atoms with E-state index in [4.69, 9.17) is 14.6 Å². The number of fused-ring (bicyclic) bond motifs is 1. The number of tetrazole rings is 1. The van der Waals surface area contributed by atoms with E-state index in [-0.39, 0.29) is 16.4 Å². The predicted octanol–water partition coefficient (Wildman–Crippen LogP) is 4.73. The van der Waals surface area contributed by atoms with Crippen molar-refractivity contribution in [3.8, 4) is 34.3 Å². The van der Waals surface area contributed by atoms with E-state index < -0.39 is 0 Å². The summed E-state index contributed by atoms with van der Waals surface area (Å²) in [6.45, 7) is 4.88. The van der Waals surface area contributed by atoms with E-state index in [9.17, 15) is 5.11 Å². The van der Waals surface area contributed by atoms with Crippen molar-refractivity contribution in [3.05, 3.63) is 54.1 Å². The molecule has 11 nitrogen and oxygen atoms in total. The number of quaternary nitrogens is 1. The summed E-state index contributed by atoms with van der Waals surface area (Å²) in [5.74, 6) is 1.44. The van der Waals surface area contributed by atoms with E-state index in [0.29, 0.717) is 36.8 Å². The molecule has 0 bridgehead atoms. The Hall–Kier alpha value is -4.22. The lowest BCUT2D eigenvalue weighted by Crippen LogP contribution is -2.51. The zero-order valence-corrected chi connectivity index (χ0v) is 21.0. The van der Waals surface area contributed by atoms with E-state index in [2.05, 4.69) is 62.0 Å². The van der Waals surface area contributed by atoms with Gasteiger partial charge in [0.2, 0.25) is 11.5 Å². The summed E-state index contributed by atoms with van der Waals surface area (Å²) in [6, 6.07) is 16.2. The fourth-order valence-electron chi connectivity index (χ4n) is 4.71. The molecule has 1 aliphatic rings. The van der Waals surface area contributed by atoms with Gasteiger partial charge in [-0.2, -0.15) is 9.83 Å². The maximum atomic E-state index is 10.8. The van der Waals surface area contributed by atoms with Crippen LogP contribution in [0.2, 0.25) is 0 Å². The fraction of sp³-hybridized carbons (Fsp3) is 0.308. The lowest BCUT2D eigenvalue weighted by atomic mass is 9.98. The molecule has 3 heterocycles. The number of unbranched alkanes of at least 4 members (excludes halogenated alkanes) is 1. The number of aromatic amines is 1. The van der Waals surface area contributed by atoms with Crippen LogP contribution in [-0.4, -0.2) is 55.5 Å². The lowest BCUT2D eigenvalue weighted by Gasteiger charge is -2.31. The van der Waals surface area contributed by atoms with Gasteiger partial charge in [-0.25, -0.2) is 5.10 Å². The number of hydrogen-bond donors (Lipinski definition) is 2. The molecule has 4 aromatic rings. The van der Waals surface area contributed by atoms with Crippen LogP contribution in [0.1, 0.15) is 38.7 Å². The van der Waals surface area contributed by atoms with Gasteiger partial charge in [0.15, 0.2) is 5.82 Å². The molecular weight excluding hydrogens is 472 g/mol. The van der Waals surface area contributed by atoms with E-state index in [1.807, 2.05) is 31.2 Å². The Balaban J connectivity index is 1.54. The van der Waals surface area contributed by atoms with Crippen molar-refractivity contribution in [2.24, 2.45) is 4.99 Å². The summed E-state index contributed by atoms with van der Waals surface area (Å²) >= 11 is 0. The molecule has 0 amide bonds. The molecule has 11 heteroatoms. The largest absolute Gasteiger partial charge is 0.488 e. The number of ether oxygens (including phenoxy) is 1. The smallest absolute Gasteiger partial charge is 0.299 e. The maximum Gasteiger partial charge on any atom is 0.299 e. The van der Waals surface area contributed by atoms with Crippen molar-refractivity contribution in [2.45, 2.75) is 39.7 Å². The summed E-state index contributed by atoms with van der Waals surface area (Å²) in [7, 11) is 1.52. The van der Waals surface area contributed by atoms with Crippen molar-refractivity contribution >= 4 is 17.2 Å². The number of aromatic nitrogens is 6. The third-order valence-electron chi connectivity index (χ3n) is 6.39. The number of nitrogens with one attached hydrogen (secondary N) is 1. The molecule has 0 saturated carbocycles. The summed E-state index contributed by atoms with van der Waals surface area (Å²) < 4.78 is 5.34. The van der Waals surface area contributed by atoms with Gasteiger partial charge < -0.3 is 9.84 Å². The Bertz CT molecular complexity index is 1410. The molecule has 0 spiro atoms. The number of aliphatic imine (C=N–C) groups is 1. The van der Waals surface area contributed by atoms with Crippen molar-refractivity contribution < 1.29 is 14.7 Å². The number of amidine groups is 1. The normalized spacial score (nSPS) is 16.5.